The standard InChI is InChI=1S/C13H16BrFN2O2/c1-2-17(8-3-4-8)13(18)7-19-12-6-10(15)9(14)5-11(12)16/h5-6,8H,2-4,7,16H2,1H3. The minimum absolute atomic E-state index is 0.0901. The summed E-state index contributed by atoms with van der Waals surface area (Å²) in [5.74, 6) is -0.361. The number of carbonyl (C=O) groups excluding carboxylic acids is 1. The van der Waals surface area contributed by atoms with Crippen LogP contribution in [0.1, 0.15) is 19.8 Å². The van der Waals surface area contributed by atoms with Crippen molar-refractivity contribution in [1.29, 1.82) is 0 Å². The SMILES string of the molecule is CCN(C(=O)COc1cc(F)c(Br)cc1N)C1CC1. The molecule has 1 amide bonds. The Morgan fingerprint density at radius 3 is 2.84 bits per heavy atom. The Morgan fingerprint density at radius 2 is 2.26 bits per heavy atom. The monoisotopic (exact) mass is 330 g/mol. The molecule has 1 aliphatic carbocycles. The highest BCUT2D eigenvalue weighted by molar-refractivity contribution is 9.10. The van der Waals surface area contributed by atoms with Gasteiger partial charge in [-0.1, -0.05) is 0 Å². The number of nitrogens with zero attached hydrogens (tertiary/aromatic N) is 1. The zero-order chi connectivity index (χ0) is 14.0. The minimum atomic E-state index is -0.466. The van der Waals surface area contributed by atoms with E-state index in [1.807, 2.05) is 6.92 Å². The number of benzene rings is 1. The molecule has 0 aliphatic heterocycles. The Kier molecular flexibility index (Phi) is 4.29. The molecule has 0 saturated heterocycles. The van der Waals surface area contributed by atoms with Crippen molar-refractivity contribution in [2.24, 2.45) is 0 Å². The van der Waals surface area contributed by atoms with E-state index in [0.29, 0.717) is 18.3 Å². The summed E-state index contributed by atoms with van der Waals surface area (Å²) >= 11 is 3.04. The molecule has 0 radical (unpaired) electrons. The summed E-state index contributed by atoms with van der Waals surface area (Å²) in [5, 5.41) is 0. The Morgan fingerprint density at radius 1 is 1.58 bits per heavy atom. The molecule has 1 aliphatic rings. The summed E-state index contributed by atoms with van der Waals surface area (Å²) < 4.78 is 19.0. The molecule has 104 valence electrons. The molecule has 0 bridgehead atoms. The van der Waals surface area contributed by atoms with Gasteiger partial charge in [0.15, 0.2) is 6.61 Å². The summed E-state index contributed by atoms with van der Waals surface area (Å²) in [6.07, 6.45) is 2.10. The second kappa shape index (κ2) is 5.77. The van der Waals surface area contributed by atoms with Crippen LogP contribution in [-0.4, -0.2) is 30.0 Å². The molecule has 0 unspecified atom stereocenters. The first-order valence-electron chi connectivity index (χ1n) is 6.19. The van der Waals surface area contributed by atoms with E-state index >= 15 is 0 Å². The van der Waals surface area contributed by atoms with Crippen molar-refractivity contribution in [3.8, 4) is 5.75 Å². The average molecular weight is 331 g/mol. The van der Waals surface area contributed by atoms with Crippen LogP contribution < -0.4 is 10.5 Å². The molecule has 0 heterocycles. The number of nitrogen functional groups attached to an aromatic ring is 1. The second-order valence-electron chi connectivity index (χ2n) is 4.50. The highest BCUT2D eigenvalue weighted by Crippen LogP contribution is 2.29. The fraction of sp³-hybridized carbons (Fsp3) is 0.462. The molecule has 1 fully saturated rings. The lowest BCUT2D eigenvalue weighted by molar-refractivity contribution is -0.133. The van der Waals surface area contributed by atoms with Gasteiger partial charge in [0, 0.05) is 18.7 Å². The number of amides is 1. The average Bonchev–Trinajstić information content (AvgIpc) is 3.17. The number of hydrogen-bond donors (Lipinski definition) is 1. The predicted molar refractivity (Wildman–Crippen MR) is 74.4 cm³/mol. The maximum Gasteiger partial charge on any atom is 0.260 e. The number of rotatable bonds is 5. The lowest BCUT2D eigenvalue weighted by Crippen LogP contribution is -2.36. The van der Waals surface area contributed by atoms with Gasteiger partial charge in [-0.25, -0.2) is 4.39 Å². The van der Waals surface area contributed by atoms with Gasteiger partial charge in [-0.2, -0.15) is 0 Å². The van der Waals surface area contributed by atoms with Crippen LogP contribution in [0, 0.1) is 5.82 Å². The molecule has 0 atom stereocenters. The van der Waals surface area contributed by atoms with Gasteiger partial charge >= 0.3 is 0 Å². The van der Waals surface area contributed by atoms with Crippen LogP contribution in [0.2, 0.25) is 0 Å². The Labute approximate surface area is 119 Å². The fourth-order valence-electron chi connectivity index (χ4n) is 1.92. The predicted octanol–water partition coefficient (Wildman–Crippen LogP) is 2.56. The number of anilines is 1. The number of carbonyl (C=O) groups is 1. The van der Waals surface area contributed by atoms with Crippen LogP contribution in [0.25, 0.3) is 0 Å². The molecule has 4 nitrogen and oxygen atoms in total. The number of halogens is 2. The number of likely N-dealkylation sites (N-methyl/N-ethyl adjacent to an activating group) is 1. The third-order valence-electron chi connectivity index (χ3n) is 3.05. The van der Waals surface area contributed by atoms with Gasteiger partial charge < -0.3 is 15.4 Å². The maximum absolute atomic E-state index is 13.4. The number of ether oxygens (including phenoxy) is 1. The van der Waals surface area contributed by atoms with E-state index in [-0.39, 0.29) is 22.7 Å². The quantitative estimate of drug-likeness (QED) is 0.844. The maximum atomic E-state index is 13.4. The summed E-state index contributed by atoms with van der Waals surface area (Å²) in [7, 11) is 0. The first-order chi connectivity index (χ1) is 9.02. The van der Waals surface area contributed by atoms with E-state index in [2.05, 4.69) is 15.9 Å². The van der Waals surface area contributed by atoms with Crippen molar-refractivity contribution in [2.75, 3.05) is 18.9 Å². The lowest BCUT2D eigenvalue weighted by atomic mass is 10.3. The molecular formula is C13H16BrFN2O2. The molecule has 1 aromatic carbocycles. The van der Waals surface area contributed by atoms with Gasteiger partial charge in [0.2, 0.25) is 0 Å². The van der Waals surface area contributed by atoms with Crippen molar-refractivity contribution in [1.82, 2.24) is 4.90 Å². The molecule has 2 N–H and O–H groups in total. The normalized spacial score (nSPS) is 14.3. The van der Waals surface area contributed by atoms with Crippen LogP contribution in [0.15, 0.2) is 16.6 Å². The first-order valence-corrected chi connectivity index (χ1v) is 6.99. The Balaban J connectivity index is 1.98. The van der Waals surface area contributed by atoms with Crippen molar-refractivity contribution >= 4 is 27.5 Å². The summed E-state index contributed by atoms with van der Waals surface area (Å²) in [6.45, 7) is 2.48. The Bertz CT molecular complexity index is 492. The van der Waals surface area contributed by atoms with E-state index in [0.717, 1.165) is 12.8 Å². The molecule has 1 saturated carbocycles. The van der Waals surface area contributed by atoms with E-state index in [1.54, 1.807) is 4.90 Å². The van der Waals surface area contributed by atoms with Gasteiger partial charge in [-0.15, -0.1) is 0 Å². The second-order valence-corrected chi connectivity index (χ2v) is 5.36. The first kappa shape index (κ1) is 14.1. The third-order valence-corrected chi connectivity index (χ3v) is 3.66. The Hall–Kier alpha value is -1.30. The van der Waals surface area contributed by atoms with E-state index in [4.69, 9.17) is 10.5 Å². The van der Waals surface area contributed by atoms with Crippen LogP contribution >= 0.6 is 15.9 Å². The lowest BCUT2D eigenvalue weighted by Gasteiger charge is -2.20. The van der Waals surface area contributed by atoms with Crippen molar-refractivity contribution in [3.05, 3.63) is 22.4 Å². The zero-order valence-electron chi connectivity index (χ0n) is 10.7. The molecule has 19 heavy (non-hydrogen) atoms. The minimum Gasteiger partial charge on any atom is -0.482 e. The molecule has 0 aromatic heterocycles. The van der Waals surface area contributed by atoms with Crippen molar-refractivity contribution in [2.45, 2.75) is 25.8 Å². The van der Waals surface area contributed by atoms with Crippen molar-refractivity contribution in [3.63, 3.8) is 0 Å². The van der Waals surface area contributed by atoms with Gasteiger partial charge in [0.1, 0.15) is 11.6 Å². The molecule has 2 rings (SSSR count). The van der Waals surface area contributed by atoms with E-state index < -0.39 is 5.82 Å². The highest BCUT2D eigenvalue weighted by Gasteiger charge is 2.31. The summed E-state index contributed by atoms with van der Waals surface area (Å²) in [6, 6.07) is 2.95. The van der Waals surface area contributed by atoms with Crippen molar-refractivity contribution < 1.29 is 13.9 Å². The van der Waals surface area contributed by atoms with Gasteiger partial charge in [-0.3, -0.25) is 4.79 Å². The third kappa shape index (κ3) is 3.37. The zero-order valence-corrected chi connectivity index (χ0v) is 12.2. The fourth-order valence-corrected chi connectivity index (χ4v) is 2.28. The highest BCUT2D eigenvalue weighted by atomic mass is 79.9. The van der Waals surface area contributed by atoms with E-state index in [9.17, 15) is 9.18 Å². The van der Waals surface area contributed by atoms with E-state index in [1.165, 1.54) is 12.1 Å². The molecular weight excluding hydrogens is 315 g/mol. The smallest absolute Gasteiger partial charge is 0.260 e. The van der Waals surface area contributed by atoms with Gasteiger partial charge in [-0.05, 0) is 41.8 Å². The largest absolute Gasteiger partial charge is 0.482 e. The number of hydrogen-bond acceptors (Lipinski definition) is 3. The van der Waals surface area contributed by atoms with Crippen LogP contribution in [0.5, 0.6) is 5.75 Å². The van der Waals surface area contributed by atoms with Gasteiger partial charge in [0.05, 0.1) is 10.2 Å². The molecule has 1 aromatic rings. The van der Waals surface area contributed by atoms with Crippen LogP contribution in [-0.2, 0) is 4.79 Å². The summed E-state index contributed by atoms with van der Waals surface area (Å²) in [5.41, 5.74) is 6.01. The van der Waals surface area contributed by atoms with Crippen LogP contribution in [0.3, 0.4) is 0 Å². The van der Waals surface area contributed by atoms with Gasteiger partial charge in [0.25, 0.3) is 5.91 Å². The molecule has 6 heteroatoms. The summed E-state index contributed by atoms with van der Waals surface area (Å²) in [4.78, 5) is 13.7. The molecule has 0 spiro atoms. The number of nitrogens with two attached hydrogens (primary N) is 1. The topological polar surface area (TPSA) is 55.6 Å². The van der Waals surface area contributed by atoms with Crippen LogP contribution in [0.4, 0.5) is 10.1 Å².